The molecule has 0 aliphatic rings. The minimum absolute atomic E-state index is 0.387. The molecule has 0 aliphatic carbocycles. The summed E-state index contributed by atoms with van der Waals surface area (Å²) in [5.74, 6) is 0. The van der Waals surface area contributed by atoms with Crippen molar-refractivity contribution in [3.05, 3.63) is 13.8 Å². The summed E-state index contributed by atoms with van der Waals surface area (Å²) in [6.07, 6.45) is 2.03. The van der Waals surface area contributed by atoms with Crippen molar-refractivity contribution < 1.29 is 0 Å². The van der Waals surface area contributed by atoms with E-state index < -0.39 is 0 Å². The third kappa shape index (κ3) is 3.80. The maximum atomic E-state index is 3.80. The first-order valence-corrected chi connectivity index (χ1v) is 2.61. The number of nitrogens with one attached hydrogen (secondary N) is 1. The summed E-state index contributed by atoms with van der Waals surface area (Å²) in [5, 5.41) is 3.01. The van der Waals surface area contributed by atoms with Crippen LogP contribution in [0.5, 0.6) is 0 Å². The summed E-state index contributed by atoms with van der Waals surface area (Å²) in [4.78, 5) is 0. The molecule has 0 aromatic heterocycles. The first kappa shape index (κ1) is 6.96. The van der Waals surface area contributed by atoms with Gasteiger partial charge in [0.25, 0.3) is 0 Å². The minimum atomic E-state index is 0.387. The van der Waals surface area contributed by atoms with Crippen LogP contribution in [-0.4, -0.2) is 13.1 Å². The molecular weight excluding hydrogens is 86.1 g/mol. The summed E-state index contributed by atoms with van der Waals surface area (Å²) >= 11 is 0. The predicted octanol–water partition coefficient (Wildman–Crippen LogP) is 1.02. The Bertz CT molecular complexity index is 35.2. The van der Waals surface area contributed by atoms with Crippen LogP contribution in [0.2, 0.25) is 0 Å². The van der Waals surface area contributed by atoms with Gasteiger partial charge in [-0.05, 0) is 20.4 Å². The largest absolute Gasteiger partial charge is 0.317 e. The first-order chi connectivity index (χ1) is 3.31. The van der Waals surface area contributed by atoms with Gasteiger partial charge >= 0.3 is 0 Å². The van der Waals surface area contributed by atoms with Crippen LogP contribution in [0.1, 0.15) is 12.8 Å². The molecule has 1 nitrogen and oxygen atoms in total. The Morgan fingerprint density at radius 1 is 1.71 bits per heavy atom. The molecule has 7 heavy (non-hydrogen) atoms. The summed E-state index contributed by atoms with van der Waals surface area (Å²) in [5.41, 5.74) is 0. The van der Waals surface area contributed by atoms with Crippen molar-refractivity contribution in [2.45, 2.75) is 18.9 Å². The van der Waals surface area contributed by atoms with Crippen LogP contribution in [0.3, 0.4) is 0 Å². The molecule has 0 fully saturated rings. The summed E-state index contributed by atoms with van der Waals surface area (Å²) in [6, 6.07) is 0.387. The standard InChI is InChI=1S/C6H13N/c1-4-5-6(2)7-3/h6-7H,1-2,4-5H2,3H3. The van der Waals surface area contributed by atoms with E-state index in [9.17, 15) is 0 Å². The Morgan fingerprint density at radius 2 is 2.29 bits per heavy atom. The van der Waals surface area contributed by atoms with Gasteiger partial charge in [0.15, 0.2) is 0 Å². The van der Waals surface area contributed by atoms with Crippen molar-refractivity contribution in [2.75, 3.05) is 7.05 Å². The lowest BCUT2D eigenvalue weighted by Crippen LogP contribution is -2.20. The number of rotatable bonds is 3. The van der Waals surface area contributed by atoms with Gasteiger partial charge in [-0.15, -0.1) is 0 Å². The molecule has 0 aromatic rings. The summed E-state index contributed by atoms with van der Waals surface area (Å²) in [7, 11) is 1.91. The Morgan fingerprint density at radius 3 is 2.43 bits per heavy atom. The van der Waals surface area contributed by atoms with Gasteiger partial charge in [-0.2, -0.15) is 0 Å². The maximum Gasteiger partial charge on any atom is 0.00646 e. The third-order valence-electron chi connectivity index (χ3n) is 0.961. The highest BCUT2D eigenvalue weighted by atomic mass is 14.8. The van der Waals surface area contributed by atoms with Crippen LogP contribution in [0, 0.1) is 13.8 Å². The fourth-order valence-corrected chi connectivity index (χ4v) is 0.391. The van der Waals surface area contributed by atoms with Gasteiger partial charge < -0.3 is 5.32 Å². The van der Waals surface area contributed by atoms with Crippen LogP contribution >= 0.6 is 0 Å². The van der Waals surface area contributed by atoms with E-state index in [-0.39, 0.29) is 0 Å². The van der Waals surface area contributed by atoms with Crippen LogP contribution in [0.15, 0.2) is 0 Å². The molecule has 1 unspecified atom stereocenters. The van der Waals surface area contributed by atoms with Crippen LogP contribution < -0.4 is 5.32 Å². The molecule has 0 saturated carbocycles. The molecule has 0 rings (SSSR count). The zero-order chi connectivity index (χ0) is 5.70. The second-order valence-corrected chi connectivity index (χ2v) is 1.63. The maximum absolute atomic E-state index is 3.80. The fraction of sp³-hybridized carbons (Fsp3) is 0.667. The third-order valence-corrected chi connectivity index (χ3v) is 0.961. The zero-order valence-corrected chi connectivity index (χ0v) is 4.91. The lowest BCUT2D eigenvalue weighted by molar-refractivity contribution is 0.617. The minimum Gasteiger partial charge on any atom is -0.317 e. The average molecular weight is 99.2 g/mol. The van der Waals surface area contributed by atoms with E-state index in [0.717, 1.165) is 12.8 Å². The fourth-order valence-electron chi connectivity index (χ4n) is 0.391. The second kappa shape index (κ2) is 4.13. The van der Waals surface area contributed by atoms with Gasteiger partial charge in [-0.1, -0.05) is 13.3 Å². The average Bonchev–Trinajstić information content (AvgIpc) is 1.68. The summed E-state index contributed by atoms with van der Waals surface area (Å²) in [6.45, 7) is 7.49. The topological polar surface area (TPSA) is 12.0 Å². The van der Waals surface area contributed by atoms with E-state index in [1.165, 1.54) is 0 Å². The van der Waals surface area contributed by atoms with E-state index in [2.05, 4.69) is 19.2 Å². The van der Waals surface area contributed by atoms with Gasteiger partial charge in [0, 0.05) is 6.04 Å². The molecule has 0 heterocycles. The molecule has 1 N–H and O–H groups in total. The molecule has 0 aromatic carbocycles. The van der Waals surface area contributed by atoms with Crippen LogP contribution in [0.4, 0.5) is 0 Å². The molecule has 0 aliphatic heterocycles. The van der Waals surface area contributed by atoms with Gasteiger partial charge in [0.1, 0.15) is 0 Å². The molecule has 1 heteroatoms. The van der Waals surface area contributed by atoms with Crippen LogP contribution in [-0.2, 0) is 0 Å². The lowest BCUT2D eigenvalue weighted by Gasteiger charge is -2.05. The molecule has 1 atom stereocenters. The number of hydrogen-bond acceptors (Lipinski definition) is 1. The van der Waals surface area contributed by atoms with Crippen LogP contribution in [0.25, 0.3) is 0 Å². The van der Waals surface area contributed by atoms with Gasteiger partial charge in [0.05, 0.1) is 0 Å². The van der Waals surface area contributed by atoms with E-state index in [1.807, 2.05) is 7.05 Å². The first-order valence-electron chi connectivity index (χ1n) is 2.61. The Kier molecular flexibility index (Phi) is 4.10. The van der Waals surface area contributed by atoms with E-state index in [1.54, 1.807) is 0 Å². The Hall–Kier alpha value is -0.0400. The second-order valence-electron chi connectivity index (χ2n) is 1.63. The quantitative estimate of drug-likeness (QED) is 0.557. The monoisotopic (exact) mass is 99.1 g/mol. The van der Waals surface area contributed by atoms with Gasteiger partial charge in [-0.3, -0.25) is 0 Å². The van der Waals surface area contributed by atoms with E-state index in [4.69, 9.17) is 0 Å². The molecule has 2 radical (unpaired) electrons. The van der Waals surface area contributed by atoms with Crippen molar-refractivity contribution in [2.24, 2.45) is 0 Å². The highest BCUT2D eigenvalue weighted by Gasteiger charge is 1.91. The highest BCUT2D eigenvalue weighted by Crippen LogP contribution is 1.90. The van der Waals surface area contributed by atoms with Crippen molar-refractivity contribution in [1.29, 1.82) is 0 Å². The van der Waals surface area contributed by atoms with Crippen molar-refractivity contribution in [3.63, 3.8) is 0 Å². The molecule has 42 valence electrons. The SMILES string of the molecule is [CH2]CCC([CH2])NC. The van der Waals surface area contributed by atoms with Gasteiger partial charge in [-0.25, -0.2) is 0 Å². The molecule has 0 saturated heterocycles. The molecular formula is C6H13N. The molecule has 0 bridgehead atoms. The summed E-state index contributed by atoms with van der Waals surface area (Å²) < 4.78 is 0. The zero-order valence-electron chi connectivity index (χ0n) is 4.91. The Labute approximate surface area is 46.1 Å². The molecule has 0 spiro atoms. The predicted molar refractivity (Wildman–Crippen MR) is 32.8 cm³/mol. The van der Waals surface area contributed by atoms with Gasteiger partial charge in [0.2, 0.25) is 0 Å². The van der Waals surface area contributed by atoms with Crippen molar-refractivity contribution >= 4 is 0 Å². The van der Waals surface area contributed by atoms with E-state index >= 15 is 0 Å². The van der Waals surface area contributed by atoms with E-state index in [0.29, 0.717) is 6.04 Å². The number of hydrogen-bond donors (Lipinski definition) is 1. The molecule has 0 amide bonds. The Balaban J connectivity index is 2.83. The van der Waals surface area contributed by atoms with Crippen molar-refractivity contribution in [1.82, 2.24) is 5.32 Å². The lowest BCUT2D eigenvalue weighted by atomic mass is 10.2. The smallest absolute Gasteiger partial charge is 0.00646 e. The van der Waals surface area contributed by atoms with Crippen molar-refractivity contribution in [3.8, 4) is 0 Å². The normalized spacial score (nSPS) is 14.1. The highest BCUT2D eigenvalue weighted by molar-refractivity contribution is 4.65.